The Balaban J connectivity index is 1.34. The number of nitrogens with zero attached hydrogens (tertiary/aromatic N) is 4. The summed E-state index contributed by atoms with van der Waals surface area (Å²) >= 11 is 0. The summed E-state index contributed by atoms with van der Waals surface area (Å²) in [7, 11) is 0. The number of furan rings is 1. The molecule has 1 aliphatic heterocycles. The Hall–Kier alpha value is -3.87. The summed E-state index contributed by atoms with van der Waals surface area (Å²) in [6, 6.07) is 8.74. The molecular weight excluding hydrogens is 414 g/mol. The Bertz CT molecular complexity index is 1410. The molecule has 0 atom stereocenters. The predicted octanol–water partition coefficient (Wildman–Crippen LogP) is 4.69. The van der Waals surface area contributed by atoms with Crippen LogP contribution in [-0.2, 0) is 11.2 Å². The van der Waals surface area contributed by atoms with Gasteiger partial charge in [-0.1, -0.05) is 24.3 Å². The molecule has 4 aromatic rings. The number of amides is 1. The van der Waals surface area contributed by atoms with Gasteiger partial charge in [0.05, 0.1) is 12.2 Å². The van der Waals surface area contributed by atoms with Crippen molar-refractivity contribution in [3.05, 3.63) is 60.1 Å². The molecule has 1 aromatic carbocycles. The maximum atomic E-state index is 11.6. The van der Waals surface area contributed by atoms with Gasteiger partial charge in [-0.25, -0.2) is 4.98 Å². The first kappa shape index (κ1) is 19.8. The highest BCUT2D eigenvalue weighted by Gasteiger charge is 2.23. The summed E-state index contributed by atoms with van der Waals surface area (Å²) in [4.78, 5) is 17.9. The minimum atomic E-state index is 0.139. The average molecular weight is 440 g/mol. The first-order valence-electron chi connectivity index (χ1n) is 11.3. The molecular formula is C26H25N5O2. The van der Waals surface area contributed by atoms with Crippen LogP contribution in [0.1, 0.15) is 36.9 Å². The van der Waals surface area contributed by atoms with E-state index in [-0.39, 0.29) is 11.9 Å². The van der Waals surface area contributed by atoms with Gasteiger partial charge in [0.2, 0.25) is 5.91 Å². The smallest absolute Gasteiger partial charge is 0.219 e. The Morgan fingerprint density at radius 3 is 2.82 bits per heavy atom. The number of allylic oxidation sites excluding steroid dienone is 1. The molecule has 7 heteroatoms. The quantitative estimate of drug-likeness (QED) is 0.500. The molecule has 0 radical (unpaired) electrons. The van der Waals surface area contributed by atoms with Crippen LogP contribution in [0.2, 0.25) is 0 Å². The van der Waals surface area contributed by atoms with Gasteiger partial charge in [-0.15, -0.1) is 0 Å². The summed E-state index contributed by atoms with van der Waals surface area (Å²) in [5.41, 5.74) is 12.3. The fraction of sp³-hybridized carbons (Fsp3) is 0.269. The van der Waals surface area contributed by atoms with Crippen LogP contribution in [0.25, 0.3) is 39.5 Å². The van der Waals surface area contributed by atoms with E-state index in [9.17, 15) is 4.79 Å². The zero-order chi connectivity index (χ0) is 22.5. The highest BCUT2D eigenvalue weighted by Crippen LogP contribution is 2.38. The number of piperidine rings is 1. The SMILES string of the molecule is CC(=O)N1CCC(n2cc(-c3cnc(N)c4oc(-c5ccc6c(c5)C=CC6)cc34)cn2)CC1. The van der Waals surface area contributed by atoms with Gasteiger partial charge in [0.25, 0.3) is 0 Å². The Morgan fingerprint density at radius 1 is 1.15 bits per heavy atom. The van der Waals surface area contributed by atoms with Gasteiger partial charge in [0, 0.05) is 54.5 Å². The summed E-state index contributed by atoms with van der Waals surface area (Å²) in [6.45, 7) is 3.16. The summed E-state index contributed by atoms with van der Waals surface area (Å²) in [6.07, 6.45) is 12.8. The van der Waals surface area contributed by atoms with Crippen molar-refractivity contribution in [2.24, 2.45) is 0 Å². The number of nitrogen functional groups attached to an aromatic ring is 1. The number of hydrogen-bond donors (Lipinski definition) is 1. The maximum absolute atomic E-state index is 11.6. The van der Waals surface area contributed by atoms with Gasteiger partial charge < -0.3 is 15.1 Å². The maximum Gasteiger partial charge on any atom is 0.219 e. The largest absolute Gasteiger partial charge is 0.452 e. The van der Waals surface area contributed by atoms with E-state index in [0.717, 1.165) is 60.2 Å². The number of carbonyl (C=O) groups excluding carboxylic acids is 1. The number of rotatable bonds is 3. The van der Waals surface area contributed by atoms with Crippen molar-refractivity contribution < 1.29 is 9.21 Å². The lowest BCUT2D eigenvalue weighted by Crippen LogP contribution is -2.37. The molecule has 166 valence electrons. The molecule has 3 aromatic heterocycles. The van der Waals surface area contributed by atoms with Gasteiger partial charge in [0.1, 0.15) is 5.76 Å². The third-order valence-corrected chi connectivity index (χ3v) is 6.85. The number of nitrogens with two attached hydrogens (primary N) is 1. The molecule has 1 saturated heterocycles. The second-order valence-corrected chi connectivity index (χ2v) is 8.88. The van der Waals surface area contributed by atoms with E-state index in [1.807, 2.05) is 21.8 Å². The number of benzene rings is 1. The van der Waals surface area contributed by atoms with Crippen molar-refractivity contribution >= 4 is 28.8 Å². The molecule has 1 fully saturated rings. The summed E-state index contributed by atoms with van der Waals surface area (Å²) in [5.74, 6) is 1.29. The van der Waals surface area contributed by atoms with E-state index >= 15 is 0 Å². The van der Waals surface area contributed by atoms with Gasteiger partial charge in [-0.3, -0.25) is 9.48 Å². The monoisotopic (exact) mass is 439 g/mol. The van der Waals surface area contributed by atoms with Crippen LogP contribution in [0.4, 0.5) is 5.82 Å². The molecule has 6 rings (SSSR count). The van der Waals surface area contributed by atoms with Crippen LogP contribution in [0.3, 0.4) is 0 Å². The first-order valence-corrected chi connectivity index (χ1v) is 11.3. The fourth-order valence-corrected chi connectivity index (χ4v) is 4.94. The standard InChI is InChI=1S/C26H25N5O2/c1-16(32)30-9-7-21(8-10-30)31-15-20(13-29-31)23-14-28-26(27)25-22(23)12-24(33-25)19-6-5-17-3-2-4-18(17)11-19/h2,4-6,11-15,21H,3,7-10H2,1H3,(H2,27,28). The number of fused-ring (bicyclic) bond motifs is 2. The molecule has 0 saturated carbocycles. The number of pyridine rings is 1. The number of aromatic nitrogens is 3. The van der Waals surface area contributed by atoms with Gasteiger partial charge >= 0.3 is 0 Å². The Labute approximate surface area is 191 Å². The topological polar surface area (TPSA) is 90.2 Å². The van der Waals surface area contributed by atoms with E-state index in [1.165, 1.54) is 11.1 Å². The molecule has 2 N–H and O–H groups in total. The average Bonchev–Trinajstić information content (AvgIpc) is 3.58. The molecule has 33 heavy (non-hydrogen) atoms. The normalized spacial score (nSPS) is 16.0. The Morgan fingerprint density at radius 2 is 2.00 bits per heavy atom. The second-order valence-electron chi connectivity index (χ2n) is 8.88. The molecule has 7 nitrogen and oxygen atoms in total. The lowest BCUT2D eigenvalue weighted by atomic mass is 10.0. The van der Waals surface area contributed by atoms with E-state index < -0.39 is 0 Å². The first-order chi connectivity index (χ1) is 16.1. The van der Waals surface area contributed by atoms with Gasteiger partial charge in [0.15, 0.2) is 11.4 Å². The van der Waals surface area contributed by atoms with Crippen LogP contribution in [0.15, 0.2) is 53.3 Å². The fourth-order valence-electron chi connectivity index (χ4n) is 4.94. The van der Waals surface area contributed by atoms with Crippen LogP contribution in [-0.4, -0.2) is 38.7 Å². The lowest BCUT2D eigenvalue weighted by Gasteiger charge is -2.31. The molecule has 1 aliphatic carbocycles. The van der Waals surface area contributed by atoms with Crippen molar-refractivity contribution in [3.63, 3.8) is 0 Å². The predicted molar refractivity (Wildman–Crippen MR) is 128 cm³/mol. The second kappa shape index (κ2) is 7.62. The minimum Gasteiger partial charge on any atom is -0.452 e. The van der Waals surface area contributed by atoms with E-state index in [4.69, 9.17) is 10.2 Å². The summed E-state index contributed by atoms with van der Waals surface area (Å²) < 4.78 is 8.20. The van der Waals surface area contributed by atoms with Crippen LogP contribution >= 0.6 is 0 Å². The highest BCUT2D eigenvalue weighted by atomic mass is 16.3. The van der Waals surface area contributed by atoms with Crippen molar-refractivity contribution in [1.29, 1.82) is 0 Å². The molecule has 2 aliphatic rings. The van der Waals surface area contributed by atoms with E-state index in [0.29, 0.717) is 11.4 Å². The van der Waals surface area contributed by atoms with Crippen LogP contribution in [0, 0.1) is 0 Å². The van der Waals surface area contributed by atoms with Crippen LogP contribution in [0.5, 0.6) is 0 Å². The van der Waals surface area contributed by atoms with Crippen molar-refractivity contribution in [1.82, 2.24) is 19.7 Å². The van der Waals surface area contributed by atoms with Crippen LogP contribution < -0.4 is 5.73 Å². The van der Waals surface area contributed by atoms with Gasteiger partial charge in [-0.2, -0.15) is 5.10 Å². The van der Waals surface area contributed by atoms with E-state index in [1.54, 1.807) is 13.1 Å². The van der Waals surface area contributed by atoms with Crippen molar-refractivity contribution in [2.45, 2.75) is 32.2 Å². The third-order valence-electron chi connectivity index (χ3n) is 6.85. The lowest BCUT2D eigenvalue weighted by molar-refractivity contribution is -0.130. The molecule has 0 unspecified atom stereocenters. The zero-order valence-corrected chi connectivity index (χ0v) is 18.5. The van der Waals surface area contributed by atoms with E-state index in [2.05, 4.69) is 46.6 Å². The molecule has 4 heterocycles. The highest BCUT2D eigenvalue weighted by molar-refractivity contribution is 6.00. The third kappa shape index (κ3) is 3.40. The Kier molecular flexibility index (Phi) is 4.57. The van der Waals surface area contributed by atoms with Crippen molar-refractivity contribution in [2.75, 3.05) is 18.8 Å². The number of hydrogen-bond acceptors (Lipinski definition) is 5. The minimum absolute atomic E-state index is 0.139. The number of carbonyl (C=O) groups is 1. The number of likely N-dealkylation sites (tertiary alicyclic amines) is 1. The zero-order valence-electron chi connectivity index (χ0n) is 18.5. The van der Waals surface area contributed by atoms with Gasteiger partial charge in [-0.05, 0) is 42.5 Å². The molecule has 1 amide bonds. The molecule has 0 bridgehead atoms. The van der Waals surface area contributed by atoms with Crippen molar-refractivity contribution in [3.8, 4) is 22.5 Å². The summed E-state index contributed by atoms with van der Waals surface area (Å²) in [5, 5.41) is 5.57. The number of anilines is 1. The molecule has 0 spiro atoms.